The van der Waals surface area contributed by atoms with Crippen molar-refractivity contribution in [1.29, 1.82) is 0 Å². The number of nitrogens with two attached hydrogens (primary N) is 1. The van der Waals surface area contributed by atoms with Crippen molar-refractivity contribution in [2.45, 2.75) is 32.2 Å². The van der Waals surface area contributed by atoms with Crippen molar-refractivity contribution in [2.24, 2.45) is 5.73 Å². The van der Waals surface area contributed by atoms with E-state index in [1.807, 2.05) is 35.7 Å². The van der Waals surface area contributed by atoms with E-state index < -0.39 is 0 Å². The number of aromatic nitrogens is 1. The van der Waals surface area contributed by atoms with Crippen molar-refractivity contribution in [3.63, 3.8) is 0 Å². The van der Waals surface area contributed by atoms with E-state index in [9.17, 15) is 0 Å². The Morgan fingerprint density at radius 1 is 1.25 bits per heavy atom. The molecule has 0 fully saturated rings. The number of hydrogen-bond donors (Lipinski definition) is 1. The van der Waals surface area contributed by atoms with Gasteiger partial charge in [-0.25, -0.2) is 4.98 Å². The molecule has 0 saturated carbocycles. The third-order valence-electron chi connectivity index (χ3n) is 3.87. The van der Waals surface area contributed by atoms with Crippen molar-refractivity contribution in [1.82, 2.24) is 4.98 Å². The van der Waals surface area contributed by atoms with Crippen LogP contribution in [-0.4, -0.2) is 4.98 Å². The molecule has 3 nitrogen and oxygen atoms in total. The van der Waals surface area contributed by atoms with Gasteiger partial charge in [-0.05, 0) is 25.0 Å². The highest BCUT2D eigenvalue weighted by Gasteiger charge is 2.27. The first kappa shape index (κ1) is 13.3. The number of benzene rings is 1. The van der Waals surface area contributed by atoms with Crippen LogP contribution in [0.15, 0.2) is 40.1 Å². The standard InChI is InChI=1S/C16H18N2OS/c1-3-16(17,4-2)15-18-12(10-20-15)14-9-11-7-5-6-8-13(11)19-14/h5-10H,3-4,17H2,1-2H3. The molecular formula is C16H18N2OS. The average Bonchev–Trinajstić information content (AvgIpc) is 3.12. The largest absolute Gasteiger partial charge is 0.454 e. The third kappa shape index (κ3) is 2.15. The predicted molar refractivity (Wildman–Crippen MR) is 83.8 cm³/mol. The monoisotopic (exact) mass is 286 g/mol. The normalized spacial score (nSPS) is 12.2. The van der Waals surface area contributed by atoms with Crippen LogP contribution in [0.4, 0.5) is 0 Å². The molecule has 104 valence electrons. The minimum absolute atomic E-state index is 0.324. The van der Waals surface area contributed by atoms with Crippen molar-refractivity contribution in [3.8, 4) is 11.5 Å². The summed E-state index contributed by atoms with van der Waals surface area (Å²) in [5, 5.41) is 4.11. The van der Waals surface area contributed by atoms with Gasteiger partial charge in [-0.1, -0.05) is 32.0 Å². The Morgan fingerprint density at radius 3 is 2.70 bits per heavy atom. The van der Waals surface area contributed by atoms with Gasteiger partial charge in [-0.2, -0.15) is 0 Å². The van der Waals surface area contributed by atoms with Crippen molar-refractivity contribution < 1.29 is 4.42 Å². The minimum Gasteiger partial charge on any atom is -0.454 e. The maximum Gasteiger partial charge on any atom is 0.154 e. The van der Waals surface area contributed by atoms with Gasteiger partial charge >= 0.3 is 0 Å². The number of hydrogen-bond acceptors (Lipinski definition) is 4. The second-order valence-electron chi connectivity index (χ2n) is 5.05. The van der Waals surface area contributed by atoms with Crippen molar-refractivity contribution in [2.75, 3.05) is 0 Å². The number of fused-ring (bicyclic) bond motifs is 1. The Labute approximate surface area is 122 Å². The van der Waals surface area contributed by atoms with Crippen molar-refractivity contribution in [3.05, 3.63) is 40.7 Å². The zero-order valence-corrected chi connectivity index (χ0v) is 12.5. The van der Waals surface area contributed by atoms with Gasteiger partial charge in [0.05, 0.1) is 5.54 Å². The van der Waals surface area contributed by atoms with Crippen molar-refractivity contribution >= 4 is 22.3 Å². The highest BCUT2D eigenvalue weighted by atomic mass is 32.1. The zero-order valence-electron chi connectivity index (χ0n) is 11.7. The molecule has 0 aliphatic heterocycles. The molecule has 2 N–H and O–H groups in total. The molecular weight excluding hydrogens is 268 g/mol. The summed E-state index contributed by atoms with van der Waals surface area (Å²) in [7, 11) is 0. The van der Waals surface area contributed by atoms with E-state index in [-0.39, 0.29) is 5.54 Å². The van der Waals surface area contributed by atoms with Crippen LogP contribution in [0.1, 0.15) is 31.7 Å². The van der Waals surface area contributed by atoms with Crippen LogP contribution >= 0.6 is 11.3 Å². The molecule has 2 aromatic heterocycles. The number of nitrogens with zero attached hydrogens (tertiary/aromatic N) is 1. The minimum atomic E-state index is -0.324. The summed E-state index contributed by atoms with van der Waals surface area (Å²) in [5.74, 6) is 0.809. The summed E-state index contributed by atoms with van der Waals surface area (Å²) in [6, 6.07) is 10.0. The molecule has 4 heteroatoms. The van der Waals surface area contributed by atoms with E-state index in [1.165, 1.54) is 0 Å². The molecule has 0 spiro atoms. The van der Waals surface area contributed by atoms with Gasteiger partial charge in [0.25, 0.3) is 0 Å². The molecule has 3 aromatic rings. The topological polar surface area (TPSA) is 52.0 Å². The lowest BCUT2D eigenvalue weighted by Gasteiger charge is -2.23. The van der Waals surface area contributed by atoms with Gasteiger partial charge < -0.3 is 10.2 Å². The van der Waals surface area contributed by atoms with Crippen LogP contribution in [-0.2, 0) is 5.54 Å². The lowest BCUT2D eigenvalue weighted by Crippen LogP contribution is -2.34. The molecule has 1 aromatic carbocycles. The fourth-order valence-corrected chi connectivity index (χ4v) is 3.34. The van der Waals surface area contributed by atoms with Crippen LogP contribution in [0.3, 0.4) is 0 Å². The fraction of sp³-hybridized carbons (Fsp3) is 0.312. The quantitative estimate of drug-likeness (QED) is 0.766. The summed E-state index contributed by atoms with van der Waals surface area (Å²) in [4.78, 5) is 4.69. The van der Waals surface area contributed by atoms with Crippen LogP contribution in [0.25, 0.3) is 22.4 Å². The van der Waals surface area contributed by atoms with E-state index in [4.69, 9.17) is 10.2 Å². The molecule has 0 atom stereocenters. The first-order chi connectivity index (χ1) is 9.66. The van der Waals surface area contributed by atoms with E-state index in [2.05, 4.69) is 18.8 Å². The van der Waals surface area contributed by atoms with E-state index in [1.54, 1.807) is 11.3 Å². The molecule has 0 unspecified atom stereocenters. The summed E-state index contributed by atoms with van der Waals surface area (Å²) in [6.45, 7) is 4.21. The van der Waals surface area contributed by atoms with Crippen LogP contribution < -0.4 is 5.73 Å². The second kappa shape index (κ2) is 5.04. The molecule has 2 heterocycles. The maximum absolute atomic E-state index is 6.40. The molecule has 3 rings (SSSR count). The first-order valence-corrected chi connectivity index (χ1v) is 7.78. The zero-order chi connectivity index (χ0) is 14.2. The molecule has 0 bridgehead atoms. The van der Waals surface area contributed by atoms with Gasteiger partial charge in [0.2, 0.25) is 0 Å². The van der Waals surface area contributed by atoms with E-state index in [0.29, 0.717) is 0 Å². The Bertz CT molecular complexity index is 692. The lowest BCUT2D eigenvalue weighted by atomic mass is 9.95. The van der Waals surface area contributed by atoms with Gasteiger partial charge in [0.1, 0.15) is 16.3 Å². The Balaban J connectivity index is 2.01. The Morgan fingerprint density at radius 2 is 2.00 bits per heavy atom. The van der Waals surface area contributed by atoms with E-state index in [0.717, 1.165) is 40.3 Å². The Kier molecular flexibility index (Phi) is 3.36. The smallest absolute Gasteiger partial charge is 0.154 e. The van der Waals surface area contributed by atoms with Gasteiger partial charge in [-0.15, -0.1) is 11.3 Å². The fourth-order valence-electron chi connectivity index (χ4n) is 2.28. The van der Waals surface area contributed by atoms with Crippen LogP contribution in [0, 0.1) is 0 Å². The summed E-state index contributed by atoms with van der Waals surface area (Å²) in [6.07, 6.45) is 1.77. The molecule has 0 radical (unpaired) electrons. The molecule has 0 saturated heterocycles. The van der Waals surface area contributed by atoms with Crippen LogP contribution in [0.2, 0.25) is 0 Å². The first-order valence-electron chi connectivity index (χ1n) is 6.90. The third-order valence-corrected chi connectivity index (χ3v) is 4.93. The lowest BCUT2D eigenvalue weighted by molar-refractivity contribution is 0.411. The molecule has 0 amide bonds. The summed E-state index contributed by atoms with van der Waals surface area (Å²) >= 11 is 1.61. The summed E-state index contributed by atoms with van der Waals surface area (Å²) < 4.78 is 5.85. The number of para-hydroxylation sites is 1. The molecule has 0 aliphatic carbocycles. The number of thiazole rings is 1. The van der Waals surface area contributed by atoms with E-state index >= 15 is 0 Å². The predicted octanol–water partition coefficient (Wildman–Crippen LogP) is 4.53. The number of furan rings is 1. The van der Waals surface area contributed by atoms with Gasteiger partial charge in [0, 0.05) is 10.8 Å². The average molecular weight is 286 g/mol. The van der Waals surface area contributed by atoms with Gasteiger partial charge in [0.15, 0.2) is 5.76 Å². The van der Waals surface area contributed by atoms with Crippen LogP contribution in [0.5, 0.6) is 0 Å². The Hall–Kier alpha value is -1.65. The molecule has 20 heavy (non-hydrogen) atoms. The highest BCUT2D eigenvalue weighted by molar-refractivity contribution is 7.10. The number of rotatable bonds is 4. The second-order valence-corrected chi connectivity index (χ2v) is 5.91. The SMILES string of the molecule is CCC(N)(CC)c1nc(-c2cc3ccccc3o2)cs1. The maximum atomic E-state index is 6.40. The van der Waals surface area contributed by atoms with Gasteiger partial charge in [-0.3, -0.25) is 0 Å². The highest BCUT2D eigenvalue weighted by Crippen LogP contribution is 2.33. The summed E-state index contributed by atoms with van der Waals surface area (Å²) in [5.41, 5.74) is 7.84. The molecule has 0 aliphatic rings.